The van der Waals surface area contributed by atoms with Crippen LogP contribution in [0.5, 0.6) is 0 Å². The Morgan fingerprint density at radius 1 is 1.45 bits per heavy atom. The molecule has 0 radical (unpaired) electrons. The van der Waals surface area contributed by atoms with Gasteiger partial charge in [0.2, 0.25) is 0 Å². The van der Waals surface area contributed by atoms with Crippen LogP contribution in [0.4, 0.5) is 0 Å². The number of hydrogen-bond donors (Lipinski definition) is 0. The van der Waals surface area contributed by atoms with Crippen LogP contribution in [0, 0.1) is 6.92 Å². The summed E-state index contributed by atoms with van der Waals surface area (Å²) in [4.78, 5) is 4.20. The lowest BCUT2D eigenvalue weighted by Gasteiger charge is -1.89. The van der Waals surface area contributed by atoms with Crippen molar-refractivity contribution in [2.75, 3.05) is 0 Å². The molecule has 0 fully saturated rings. The second-order valence-electron chi connectivity index (χ2n) is 2.58. The molecule has 2 aromatic rings. The lowest BCUT2D eigenvalue weighted by molar-refractivity contribution is 0.774. The van der Waals surface area contributed by atoms with Crippen LogP contribution in [0.3, 0.4) is 0 Å². The third-order valence-corrected chi connectivity index (χ3v) is 1.78. The summed E-state index contributed by atoms with van der Waals surface area (Å²) in [5.41, 5.74) is 1.99. The van der Waals surface area contributed by atoms with Crippen molar-refractivity contribution < 1.29 is 0 Å². The van der Waals surface area contributed by atoms with E-state index in [1.807, 2.05) is 26.1 Å². The first kappa shape index (κ1) is 6.34. The maximum Gasteiger partial charge on any atom is 0.157 e. The minimum Gasteiger partial charge on any atom is -0.250 e. The molecule has 0 atom stereocenters. The number of nitrogens with zero attached hydrogens (tertiary/aromatic N) is 3. The summed E-state index contributed by atoms with van der Waals surface area (Å²) in [7, 11) is 1.91. The zero-order valence-corrected chi connectivity index (χ0v) is 6.57. The normalized spacial score (nSPS) is 10.7. The van der Waals surface area contributed by atoms with E-state index in [2.05, 4.69) is 10.1 Å². The van der Waals surface area contributed by atoms with E-state index in [-0.39, 0.29) is 0 Å². The van der Waals surface area contributed by atoms with E-state index in [0.717, 1.165) is 16.7 Å². The molecule has 2 aromatic heterocycles. The van der Waals surface area contributed by atoms with Gasteiger partial charge in [-0.05, 0) is 19.1 Å². The van der Waals surface area contributed by atoms with Gasteiger partial charge < -0.3 is 0 Å². The molecule has 3 heteroatoms. The highest BCUT2D eigenvalue weighted by atomic mass is 15.3. The van der Waals surface area contributed by atoms with Gasteiger partial charge in [0.05, 0.1) is 5.69 Å². The standard InChI is InChI=1S/C8H9N3/c1-6-7-4-3-5-9-8(7)11(2)10-6/h3-5H,1-2H3. The fourth-order valence-corrected chi connectivity index (χ4v) is 1.26. The molecule has 0 aliphatic rings. The van der Waals surface area contributed by atoms with E-state index in [1.54, 1.807) is 10.9 Å². The molecule has 0 saturated heterocycles. The Morgan fingerprint density at radius 3 is 3.00 bits per heavy atom. The molecular weight excluding hydrogens is 138 g/mol. The van der Waals surface area contributed by atoms with E-state index in [9.17, 15) is 0 Å². The quantitative estimate of drug-likeness (QED) is 0.562. The monoisotopic (exact) mass is 147 g/mol. The molecule has 2 rings (SSSR count). The maximum atomic E-state index is 4.24. The summed E-state index contributed by atoms with van der Waals surface area (Å²) in [6, 6.07) is 3.96. The Labute approximate surface area is 64.7 Å². The number of fused-ring (bicyclic) bond motifs is 1. The van der Waals surface area contributed by atoms with Crippen LogP contribution in [-0.2, 0) is 7.05 Å². The van der Waals surface area contributed by atoms with Gasteiger partial charge in [-0.3, -0.25) is 4.68 Å². The zero-order chi connectivity index (χ0) is 7.84. The molecule has 11 heavy (non-hydrogen) atoms. The first-order valence-electron chi connectivity index (χ1n) is 3.53. The number of rotatable bonds is 0. The van der Waals surface area contributed by atoms with Gasteiger partial charge in [-0.2, -0.15) is 5.10 Å². The lowest BCUT2D eigenvalue weighted by Crippen LogP contribution is -1.90. The number of aryl methyl sites for hydroxylation is 2. The van der Waals surface area contributed by atoms with Crippen LogP contribution in [0.2, 0.25) is 0 Å². The minimum atomic E-state index is 0.949. The van der Waals surface area contributed by atoms with Gasteiger partial charge in [0.15, 0.2) is 5.65 Å². The molecular formula is C8H9N3. The summed E-state index contributed by atoms with van der Waals surface area (Å²) in [5, 5.41) is 5.38. The predicted octanol–water partition coefficient (Wildman–Crippen LogP) is 1.28. The van der Waals surface area contributed by atoms with Crippen molar-refractivity contribution in [2.24, 2.45) is 7.05 Å². The largest absolute Gasteiger partial charge is 0.250 e. The Hall–Kier alpha value is -1.38. The van der Waals surface area contributed by atoms with Crippen molar-refractivity contribution in [2.45, 2.75) is 6.92 Å². The summed E-state index contributed by atoms with van der Waals surface area (Å²) < 4.78 is 1.80. The number of aromatic nitrogens is 3. The molecule has 0 spiro atoms. The molecule has 0 aliphatic heterocycles. The van der Waals surface area contributed by atoms with Crippen LogP contribution in [0.15, 0.2) is 18.3 Å². The van der Waals surface area contributed by atoms with Crippen molar-refractivity contribution in [3.8, 4) is 0 Å². The summed E-state index contributed by atoms with van der Waals surface area (Å²) in [6.45, 7) is 1.99. The first-order chi connectivity index (χ1) is 5.29. The highest BCUT2D eigenvalue weighted by molar-refractivity contribution is 5.77. The van der Waals surface area contributed by atoms with Crippen LogP contribution in [-0.4, -0.2) is 14.8 Å². The van der Waals surface area contributed by atoms with Crippen molar-refractivity contribution >= 4 is 11.0 Å². The molecule has 2 heterocycles. The van der Waals surface area contributed by atoms with Gasteiger partial charge >= 0.3 is 0 Å². The Kier molecular flexibility index (Phi) is 1.18. The second-order valence-corrected chi connectivity index (χ2v) is 2.58. The summed E-state index contributed by atoms with van der Waals surface area (Å²) in [5.74, 6) is 0. The fraction of sp³-hybridized carbons (Fsp3) is 0.250. The predicted molar refractivity (Wildman–Crippen MR) is 43.2 cm³/mol. The van der Waals surface area contributed by atoms with Crippen molar-refractivity contribution in [1.82, 2.24) is 14.8 Å². The molecule has 56 valence electrons. The summed E-state index contributed by atoms with van der Waals surface area (Å²) >= 11 is 0. The van der Waals surface area contributed by atoms with Crippen LogP contribution in [0.25, 0.3) is 11.0 Å². The van der Waals surface area contributed by atoms with Crippen LogP contribution >= 0.6 is 0 Å². The molecule has 0 bridgehead atoms. The number of pyridine rings is 1. The molecule has 0 saturated carbocycles. The smallest absolute Gasteiger partial charge is 0.157 e. The third kappa shape index (κ3) is 0.808. The van der Waals surface area contributed by atoms with Crippen molar-refractivity contribution in [1.29, 1.82) is 0 Å². The Bertz CT molecular complexity index is 353. The molecule has 0 aromatic carbocycles. The Morgan fingerprint density at radius 2 is 2.27 bits per heavy atom. The SMILES string of the molecule is Cc1nn(C)c2ncccc12. The van der Waals surface area contributed by atoms with Gasteiger partial charge in [-0.1, -0.05) is 0 Å². The van der Waals surface area contributed by atoms with E-state index >= 15 is 0 Å². The zero-order valence-electron chi connectivity index (χ0n) is 6.57. The second kappa shape index (κ2) is 2.05. The lowest BCUT2D eigenvalue weighted by atomic mass is 10.3. The van der Waals surface area contributed by atoms with E-state index in [0.29, 0.717) is 0 Å². The van der Waals surface area contributed by atoms with Gasteiger partial charge in [0.1, 0.15) is 0 Å². The molecule has 0 aliphatic carbocycles. The highest BCUT2D eigenvalue weighted by Crippen LogP contribution is 2.12. The van der Waals surface area contributed by atoms with E-state index in [4.69, 9.17) is 0 Å². The van der Waals surface area contributed by atoms with E-state index < -0.39 is 0 Å². The molecule has 0 amide bonds. The highest BCUT2D eigenvalue weighted by Gasteiger charge is 2.02. The van der Waals surface area contributed by atoms with Crippen molar-refractivity contribution in [3.05, 3.63) is 24.0 Å². The van der Waals surface area contributed by atoms with Gasteiger partial charge in [0, 0.05) is 18.6 Å². The van der Waals surface area contributed by atoms with Crippen LogP contribution < -0.4 is 0 Å². The van der Waals surface area contributed by atoms with Crippen LogP contribution in [0.1, 0.15) is 5.69 Å². The average molecular weight is 147 g/mol. The maximum absolute atomic E-state index is 4.24. The van der Waals surface area contributed by atoms with E-state index in [1.165, 1.54) is 0 Å². The fourth-order valence-electron chi connectivity index (χ4n) is 1.26. The summed E-state index contributed by atoms with van der Waals surface area (Å²) in [6.07, 6.45) is 1.78. The first-order valence-corrected chi connectivity index (χ1v) is 3.53. The third-order valence-electron chi connectivity index (χ3n) is 1.78. The number of hydrogen-bond acceptors (Lipinski definition) is 2. The Balaban J connectivity index is 2.95. The minimum absolute atomic E-state index is 0.949. The van der Waals surface area contributed by atoms with Gasteiger partial charge in [-0.15, -0.1) is 0 Å². The van der Waals surface area contributed by atoms with Gasteiger partial charge in [0.25, 0.3) is 0 Å². The topological polar surface area (TPSA) is 30.7 Å². The molecule has 0 unspecified atom stereocenters. The van der Waals surface area contributed by atoms with Gasteiger partial charge in [-0.25, -0.2) is 4.98 Å². The average Bonchev–Trinajstić information content (AvgIpc) is 2.30. The molecule has 0 N–H and O–H groups in total. The van der Waals surface area contributed by atoms with Crippen molar-refractivity contribution in [3.63, 3.8) is 0 Å². The molecule has 3 nitrogen and oxygen atoms in total.